The van der Waals surface area contributed by atoms with E-state index < -0.39 is 0 Å². The summed E-state index contributed by atoms with van der Waals surface area (Å²) in [5, 5.41) is 15.8. The number of nitrogens with zero attached hydrogens (tertiary/aromatic N) is 2. The predicted molar refractivity (Wildman–Crippen MR) is 183 cm³/mol. The minimum absolute atomic E-state index is 0.000745. The molecule has 1 aliphatic heterocycles. The number of rotatable bonds is 14. The smallest absolute Gasteiger partial charge is 0.258 e. The highest BCUT2D eigenvalue weighted by Gasteiger charge is 2.35. The maximum Gasteiger partial charge on any atom is 0.258 e. The number of likely N-dealkylation sites (N-methyl/N-ethyl adjacent to an activating group) is 1. The highest BCUT2D eigenvalue weighted by molar-refractivity contribution is 6.01. The van der Waals surface area contributed by atoms with Crippen molar-refractivity contribution in [1.82, 2.24) is 9.80 Å². The van der Waals surface area contributed by atoms with E-state index in [2.05, 4.69) is 29.5 Å². The third-order valence-electron chi connectivity index (χ3n) is 9.29. The molecule has 1 heterocycles. The van der Waals surface area contributed by atoms with Crippen LogP contribution in [0.25, 0.3) is 0 Å². The standard InChI is InChI=1S/C36H53N5O5/c1-25-21-41(26(2)24-42)36(45)28-15-12-18-31(35(28)46-32(25)23-40(3)22-27-13-6-4-7-14-27)39-34(44)20-9-5-8-19-33(43)38-30-17-11-10-16-29(30)37/h10-12,15-18,25-27,32,42H,4-9,13-14,19-24,37H2,1-3H3,(H,38,43)(H,39,44)/t25-,26-,32+/m0/s1. The molecule has 3 amide bonds. The van der Waals surface area contributed by atoms with Crippen LogP contribution in [-0.4, -0.2) is 78.1 Å². The van der Waals surface area contributed by atoms with Crippen molar-refractivity contribution in [1.29, 1.82) is 0 Å². The number of ether oxygens (including phenoxy) is 1. The lowest BCUT2D eigenvalue weighted by atomic mass is 9.89. The zero-order valence-corrected chi connectivity index (χ0v) is 27.8. The number of amides is 3. The van der Waals surface area contributed by atoms with Crippen LogP contribution >= 0.6 is 0 Å². The van der Waals surface area contributed by atoms with Gasteiger partial charge in [-0.05, 0) is 69.8 Å². The summed E-state index contributed by atoms with van der Waals surface area (Å²) >= 11 is 0. The zero-order chi connectivity index (χ0) is 33.1. The molecule has 3 atom stereocenters. The molecule has 1 saturated carbocycles. The van der Waals surface area contributed by atoms with Crippen molar-refractivity contribution in [3.05, 3.63) is 48.0 Å². The fourth-order valence-electron chi connectivity index (χ4n) is 6.54. The van der Waals surface area contributed by atoms with E-state index in [1.165, 1.54) is 32.1 Å². The number of para-hydroxylation sites is 3. The quantitative estimate of drug-likeness (QED) is 0.158. The summed E-state index contributed by atoms with van der Waals surface area (Å²) in [6.45, 7) is 5.97. The summed E-state index contributed by atoms with van der Waals surface area (Å²) in [5.74, 6) is 0.574. The molecule has 10 nitrogen and oxygen atoms in total. The number of nitrogens with two attached hydrogens (primary N) is 1. The Morgan fingerprint density at radius 2 is 1.63 bits per heavy atom. The number of carbonyl (C=O) groups is 3. The average molecular weight is 636 g/mol. The van der Waals surface area contributed by atoms with Gasteiger partial charge in [0.15, 0.2) is 5.75 Å². The number of nitrogens with one attached hydrogen (secondary N) is 2. The molecule has 0 aromatic heterocycles. The SMILES string of the molecule is C[C@H]1CN([C@@H](C)CO)C(=O)c2cccc(NC(=O)CCCCCC(=O)Nc3ccccc3N)c2O[C@@H]1CN(C)CC1CCCCC1. The molecule has 2 aromatic carbocycles. The number of hydrogen-bond donors (Lipinski definition) is 4. The number of aliphatic hydroxyl groups excluding tert-OH is 1. The van der Waals surface area contributed by atoms with E-state index in [9.17, 15) is 19.5 Å². The molecular formula is C36H53N5O5. The molecule has 5 N–H and O–H groups in total. The first kappa shape index (κ1) is 35.2. The number of anilines is 3. The van der Waals surface area contributed by atoms with Gasteiger partial charge in [-0.25, -0.2) is 0 Å². The first-order valence-corrected chi connectivity index (χ1v) is 17.0. The van der Waals surface area contributed by atoms with Crippen LogP contribution in [0.2, 0.25) is 0 Å². The van der Waals surface area contributed by atoms with Crippen LogP contribution in [0.3, 0.4) is 0 Å². The van der Waals surface area contributed by atoms with Gasteiger partial charge >= 0.3 is 0 Å². The molecule has 0 spiro atoms. The van der Waals surface area contributed by atoms with Crippen molar-refractivity contribution in [2.24, 2.45) is 11.8 Å². The van der Waals surface area contributed by atoms with Crippen molar-refractivity contribution >= 4 is 34.8 Å². The number of carbonyl (C=O) groups excluding carboxylic acids is 3. The van der Waals surface area contributed by atoms with Crippen molar-refractivity contribution < 1.29 is 24.2 Å². The lowest BCUT2D eigenvalue weighted by Gasteiger charge is -2.39. The minimum Gasteiger partial charge on any atom is -0.486 e. The van der Waals surface area contributed by atoms with Crippen LogP contribution in [0.4, 0.5) is 17.1 Å². The van der Waals surface area contributed by atoms with Crippen LogP contribution in [-0.2, 0) is 9.59 Å². The van der Waals surface area contributed by atoms with Gasteiger partial charge in [-0.2, -0.15) is 0 Å². The molecular weight excluding hydrogens is 582 g/mol. The summed E-state index contributed by atoms with van der Waals surface area (Å²) in [6.07, 6.45) is 8.82. The van der Waals surface area contributed by atoms with Gasteiger partial charge in [0, 0.05) is 38.4 Å². The largest absolute Gasteiger partial charge is 0.486 e. The average Bonchev–Trinajstić information content (AvgIpc) is 3.04. The Labute approximate surface area is 274 Å². The number of hydrogen-bond acceptors (Lipinski definition) is 7. The number of fused-ring (bicyclic) bond motifs is 1. The summed E-state index contributed by atoms with van der Waals surface area (Å²) in [6, 6.07) is 12.1. The van der Waals surface area contributed by atoms with Crippen LogP contribution in [0.1, 0.15) is 88.4 Å². The summed E-state index contributed by atoms with van der Waals surface area (Å²) < 4.78 is 6.68. The summed E-state index contributed by atoms with van der Waals surface area (Å²) in [5.41, 5.74) is 7.89. The number of benzene rings is 2. The lowest BCUT2D eigenvalue weighted by Crippen LogP contribution is -2.50. The molecule has 0 radical (unpaired) electrons. The van der Waals surface area contributed by atoms with Gasteiger partial charge in [-0.1, -0.05) is 50.8 Å². The number of nitrogen functional groups attached to an aromatic ring is 1. The van der Waals surface area contributed by atoms with Gasteiger partial charge < -0.3 is 36.0 Å². The Bertz CT molecular complexity index is 1310. The molecule has 2 aromatic rings. The molecule has 1 aliphatic carbocycles. The third-order valence-corrected chi connectivity index (χ3v) is 9.29. The van der Waals surface area contributed by atoms with Crippen molar-refractivity contribution in [2.75, 3.05) is 49.7 Å². The minimum atomic E-state index is -0.355. The Balaban J connectivity index is 1.39. The maximum absolute atomic E-state index is 13.8. The van der Waals surface area contributed by atoms with Gasteiger partial charge in [0.1, 0.15) is 6.10 Å². The van der Waals surface area contributed by atoms with Crippen LogP contribution in [0.5, 0.6) is 5.75 Å². The Kier molecular flexibility index (Phi) is 13.3. The molecule has 46 heavy (non-hydrogen) atoms. The van der Waals surface area contributed by atoms with Gasteiger partial charge in [0.25, 0.3) is 5.91 Å². The molecule has 0 bridgehead atoms. The van der Waals surface area contributed by atoms with Gasteiger partial charge in [-0.15, -0.1) is 0 Å². The van der Waals surface area contributed by atoms with E-state index >= 15 is 0 Å². The maximum atomic E-state index is 13.8. The highest BCUT2D eigenvalue weighted by atomic mass is 16.5. The van der Waals surface area contributed by atoms with E-state index in [-0.39, 0.29) is 48.8 Å². The Morgan fingerprint density at radius 3 is 2.30 bits per heavy atom. The second-order valence-corrected chi connectivity index (χ2v) is 13.3. The Morgan fingerprint density at radius 1 is 0.978 bits per heavy atom. The van der Waals surface area contributed by atoms with E-state index in [0.717, 1.165) is 6.54 Å². The zero-order valence-electron chi connectivity index (χ0n) is 27.8. The van der Waals surface area contributed by atoms with Gasteiger partial charge in [0.05, 0.1) is 35.3 Å². The van der Waals surface area contributed by atoms with E-state index in [1.54, 1.807) is 35.2 Å². The van der Waals surface area contributed by atoms with Crippen LogP contribution in [0.15, 0.2) is 42.5 Å². The fraction of sp³-hybridized carbons (Fsp3) is 0.583. The lowest BCUT2D eigenvalue weighted by molar-refractivity contribution is -0.116. The molecule has 4 rings (SSSR count). The van der Waals surface area contributed by atoms with Crippen molar-refractivity contribution in [3.63, 3.8) is 0 Å². The monoisotopic (exact) mass is 635 g/mol. The van der Waals surface area contributed by atoms with Gasteiger partial charge in [-0.3, -0.25) is 14.4 Å². The van der Waals surface area contributed by atoms with Gasteiger partial charge in [0.2, 0.25) is 11.8 Å². The topological polar surface area (TPSA) is 137 Å². The normalized spacial score (nSPS) is 19.5. The summed E-state index contributed by atoms with van der Waals surface area (Å²) in [7, 11) is 2.14. The molecule has 0 saturated heterocycles. The van der Waals surface area contributed by atoms with Crippen LogP contribution < -0.4 is 21.1 Å². The Hall–Kier alpha value is -3.63. The first-order valence-electron chi connectivity index (χ1n) is 17.0. The molecule has 252 valence electrons. The second-order valence-electron chi connectivity index (χ2n) is 13.3. The molecule has 1 fully saturated rings. The van der Waals surface area contributed by atoms with Crippen molar-refractivity contribution in [2.45, 2.75) is 90.2 Å². The van der Waals surface area contributed by atoms with E-state index in [4.69, 9.17) is 10.5 Å². The summed E-state index contributed by atoms with van der Waals surface area (Å²) in [4.78, 5) is 43.2. The van der Waals surface area contributed by atoms with Crippen LogP contribution in [0, 0.1) is 11.8 Å². The third kappa shape index (κ3) is 9.93. The molecule has 0 unspecified atom stereocenters. The van der Waals surface area contributed by atoms with E-state index in [0.29, 0.717) is 73.1 Å². The highest BCUT2D eigenvalue weighted by Crippen LogP contribution is 2.35. The number of aliphatic hydroxyl groups is 1. The predicted octanol–water partition coefficient (Wildman–Crippen LogP) is 5.53. The molecule has 2 aliphatic rings. The van der Waals surface area contributed by atoms with E-state index in [1.807, 2.05) is 19.1 Å². The fourth-order valence-corrected chi connectivity index (χ4v) is 6.54. The second kappa shape index (κ2) is 17.3. The first-order chi connectivity index (χ1) is 22.2. The van der Waals surface area contributed by atoms with Crippen molar-refractivity contribution in [3.8, 4) is 5.75 Å². The number of unbranched alkanes of at least 4 members (excludes halogenated alkanes) is 2. The molecule has 10 heteroatoms.